The summed E-state index contributed by atoms with van der Waals surface area (Å²) in [7, 11) is 0. The maximum absolute atomic E-state index is 14.7. The second-order valence-electron chi connectivity index (χ2n) is 23.1. The lowest BCUT2D eigenvalue weighted by Gasteiger charge is -2.18. The van der Waals surface area contributed by atoms with Crippen LogP contribution < -0.4 is 11.1 Å². The number of nitrogens with zero attached hydrogens (tertiary/aromatic N) is 2. The molecule has 0 aromatic carbocycles. The van der Waals surface area contributed by atoms with Gasteiger partial charge in [0.05, 0.1) is 31.0 Å². The van der Waals surface area contributed by atoms with E-state index < -0.39 is 0 Å². The first kappa shape index (κ1) is 62.9. The van der Waals surface area contributed by atoms with E-state index in [2.05, 4.69) is 71.7 Å². The second-order valence-corrected chi connectivity index (χ2v) is 24.7. The summed E-state index contributed by atoms with van der Waals surface area (Å²) in [6, 6.07) is 8.14. The predicted octanol–water partition coefficient (Wildman–Crippen LogP) is 22.6. The number of hydrogen-bond donors (Lipinski definition) is 0. The molecule has 4 aromatic heterocycles. The third kappa shape index (κ3) is 22.9. The molecule has 0 unspecified atom stereocenters. The average Bonchev–Trinajstić information content (AvgIpc) is 3.97. The smallest absolute Gasteiger partial charge is 0.264 e. The molecule has 0 aliphatic heterocycles. The van der Waals surface area contributed by atoms with Crippen LogP contribution in [-0.2, 0) is 12.8 Å². The molecule has 0 aliphatic carbocycles. The number of aromatic nitrogens is 2. The third-order valence-corrected chi connectivity index (χ3v) is 18.2. The fourth-order valence-electron chi connectivity index (χ4n) is 12.4. The van der Waals surface area contributed by atoms with E-state index in [1.165, 1.54) is 257 Å². The largest absolute Gasteiger partial charge is 0.270 e. The van der Waals surface area contributed by atoms with Gasteiger partial charge in [0.25, 0.3) is 11.1 Å². The molecule has 0 saturated heterocycles. The zero-order valence-electron chi connectivity index (χ0n) is 47.5. The highest BCUT2D eigenvalue weighted by Gasteiger charge is 2.24. The number of aryl methyl sites for hydroxylation is 2. The molecule has 0 N–H and O–H groups in total. The molecule has 6 heteroatoms. The highest BCUT2D eigenvalue weighted by atomic mass is 79.9. The lowest BCUT2D eigenvalue weighted by Crippen LogP contribution is -2.24. The lowest BCUT2D eigenvalue weighted by atomic mass is 9.89. The quantitative estimate of drug-likeness (QED) is 0.0414. The van der Waals surface area contributed by atoms with Crippen LogP contribution in [0, 0.1) is 11.8 Å². The first-order chi connectivity index (χ1) is 35.4. The van der Waals surface area contributed by atoms with Crippen LogP contribution >= 0.6 is 31.9 Å². The van der Waals surface area contributed by atoms with Gasteiger partial charge in [-0.25, -0.2) is 0 Å². The summed E-state index contributed by atoms with van der Waals surface area (Å²) in [4.78, 5) is 29.5. The molecule has 4 rings (SSSR count). The molecule has 4 nitrogen and oxygen atoms in total. The topological polar surface area (TPSA) is 43.0 Å². The first-order valence-electron chi connectivity index (χ1n) is 31.7. The molecule has 410 valence electrons. The Bertz CT molecular complexity index is 1900. The van der Waals surface area contributed by atoms with E-state index in [1.54, 1.807) is 0 Å². The van der Waals surface area contributed by atoms with E-state index in [0.29, 0.717) is 10.8 Å². The number of fused-ring (bicyclic) bond motifs is 3. The molecule has 0 saturated carbocycles. The molecular formula is C66H110Br2N2O2. The zero-order chi connectivity index (χ0) is 51.4. The van der Waals surface area contributed by atoms with E-state index in [9.17, 15) is 9.59 Å². The van der Waals surface area contributed by atoms with Crippen molar-refractivity contribution in [2.45, 2.75) is 323 Å². The Kier molecular flexibility index (Phi) is 34.7. The van der Waals surface area contributed by atoms with Crippen molar-refractivity contribution in [3.05, 3.63) is 65.3 Å². The van der Waals surface area contributed by atoms with Crippen LogP contribution in [0.2, 0.25) is 0 Å². The van der Waals surface area contributed by atoms with E-state index in [-0.39, 0.29) is 11.1 Å². The Labute approximate surface area is 459 Å². The zero-order valence-corrected chi connectivity index (χ0v) is 50.6. The molecule has 0 bridgehead atoms. The minimum atomic E-state index is -0.0481. The molecule has 0 radical (unpaired) electrons. The van der Waals surface area contributed by atoms with Gasteiger partial charge in [0.1, 0.15) is 0 Å². The van der Waals surface area contributed by atoms with Crippen molar-refractivity contribution in [3.8, 4) is 0 Å². The Balaban J connectivity index is 1.41. The molecular weight excluding hydrogens is 1010 g/mol. The average molecular weight is 1120 g/mol. The van der Waals surface area contributed by atoms with Crippen LogP contribution in [0.25, 0.3) is 21.8 Å². The number of unbranched alkanes of at least 4 members (excludes halogenated alkanes) is 32. The Morgan fingerprint density at radius 2 is 0.542 bits per heavy atom. The molecule has 0 spiro atoms. The van der Waals surface area contributed by atoms with E-state index in [0.717, 1.165) is 81.7 Å². The summed E-state index contributed by atoms with van der Waals surface area (Å²) >= 11 is 7.54. The van der Waals surface area contributed by atoms with Gasteiger partial charge in [-0.15, -0.1) is 0 Å². The fourth-order valence-corrected chi connectivity index (χ4v) is 13.4. The Morgan fingerprint density at radius 3 is 0.792 bits per heavy atom. The van der Waals surface area contributed by atoms with Crippen molar-refractivity contribution in [2.75, 3.05) is 0 Å². The molecule has 72 heavy (non-hydrogen) atoms. The fraction of sp³-hybridized carbons (Fsp3) is 0.788. The Morgan fingerprint density at radius 1 is 0.319 bits per heavy atom. The molecule has 0 fully saturated rings. The number of hydrogen-bond acceptors (Lipinski definition) is 2. The maximum atomic E-state index is 14.7. The van der Waals surface area contributed by atoms with Crippen molar-refractivity contribution in [1.29, 1.82) is 0 Å². The van der Waals surface area contributed by atoms with Crippen LogP contribution in [0.1, 0.15) is 321 Å². The van der Waals surface area contributed by atoms with Gasteiger partial charge < -0.3 is 0 Å². The van der Waals surface area contributed by atoms with Crippen molar-refractivity contribution in [3.63, 3.8) is 0 Å². The summed E-state index contributed by atoms with van der Waals surface area (Å²) in [6.45, 7) is 9.24. The van der Waals surface area contributed by atoms with Crippen LogP contribution in [0.4, 0.5) is 0 Å². The van der Waals surface area contributed by atoms with E-state index in [1.807, 2.05) is 20.9 Å². The Hall–Kier alpha value is -1.66. The highest BCUT2D eigenvalue weighted by Crippen LogP contribution is 2.32. The molecule has 4 aromatic rings. The maximum Gasteiger partial charge on any atom is 0.264 e. The third-order valence-electron chi connectivity index (χ3n) is 16.9. The van der Waals surface area contributed by atoms with Crippen LogP contribution in [0.3, 0.4) is 0 Å². The first-order valence-corrected chi connectivity index (χ1v) is 33.3. The van der Waals surface area contributed by atoms with E-state index in [4.69, 9.17) is 0 Å². The SMILES string of the molecule is CCCCCCCCCCC(CCCCCCCCCC)CCCCCc1c2c(=O)n3c(Br)ccc3c(CCCCCC(CCCCCCCCCC)CCCCCCCCCC)c2c(=O)n2c(Br)ccc12. The summed E-state index contributed by atoms with van der Waals surface area (Å²) in [6.07, 6.45) is 61.3. The van der Waals surface area contributed by atoms with Gasteiger partial charge in [0.15, 0.2) is 0 Å². The van der Waals surface area contributed by atoms with Gasteiger partial charge in [0.2, 0.25) is 0 Å². The molecule has 0 amide bonds. The van der Waals surface area contributed by atoms with Gasteiger partial charge in [0, 0.05) is 0 Å². The standard InChI is InChI=1S/C66H110Br2N2O2/c1-5-9-13-17-21-25-29-35-43-55(44-36-30-26-22-18-14-10-6-2)47-39-33-41-49-57-59-51-53-61(67)69(59)66(72)64-58(60-52-54-62(68)70(60)65(71)63(57)64)50-42-34-40-48-56(45-37-31-27-23-19-15-11-7-3)46-38-32-28-24-20-16-12-8-4/h51-56H,5-50H2,1-4H3. The second kappa shape index (κ2) is 39.7. The van der Waals surface area contributed by atoms with Crippen molar-refractivity contribution < 1.29 is 0 Å². The normalized spacial score (nSPS) is 12.2. The van der Waals surface area contributed by atoms with E-state index >= 15 is 0 Å². The van der Waals surface area contributed by atoms with Crippen LogP contribution in [0.5, 0.6) is 0 Å². The minimum Gasteiger partial charge on any atom is -0.270 e. The van der Waals surface area contributed by atoms with Crippen molar-refractivity contribution >= 4 is 53.7 Å². The summed E-state index contributed by atoms with van der Waals surface area (Å²) in [5.41, 5.74) is 3.81. The van der Waals surface area contributed by atoms with Crippen LogP contribution in [-0.4, -0.2) is 8.80 Å². The monoisotopic (exact) mass is 1120 g/mol. The number of pyridine rings is 2. The lowest BCUT2D eigenvalue weighted by molar-refractivity contribution is 0.366. The highest BCUT2D eigenvalue weighted by molar-refractivity contribution is 9.10. The summed E-state index contributed by atoms with van der Waals surface area (Å²) < 4.78 is 5.29. The minimum absolute atomic E-state index is 0.0481. The predicted molar refractivity (Wildman–Crippen MR) is 325 cm³/mol. The molecule has 0 aliphatic rings. The van der Waals surface area contributed by atoms with Gasteiger partial charge in [-0.3, -0.25) is 18.4 Å². The van der Waals surface area contributed by atoms with Gasteiger partial charge >= 0.3 is 0 Å². The number of rotatable bonds is 48. The summed E-state index contributed by atoms with van der Waals surface area (Å²) in [5, 5.41) is 1.33. The summed E-state index contributed by atoms with van der Waals surface area (Å²) in [5.74, 6) is 1.68. The van der Waals surface area contributed by atoms with Gasteiger partial charge in [-0.05, 0) is 105 Å². The van der Waals surface area contributed by atoms with Gasteiger partial charge in [-0.1, -0.05) is 297 Å². The van der Waals surface area contributed by atoms with Crippen molar-refractivity contribution in [1.82, 2.24) is 8.80 Å². The van der Waals surface area contributed by atoms with Crippen molar-refractivity contribution in [2.24, 2.45) is 11.8 Å². The molecule has 4 heterocycles. The van der Waals surface area contributed by atoms with Crippen LogP contribution in [0.15, 0.2) is 43.1 Å². The molecule has 0 atom stereocenters. The van der Waals surface area contributed by atoms with Gasteiger partial charge in [-0.2, -0.15) is 0 Å². The number of halogens is 2.